The molecule has 0 saturated heterocycles. The molecule has 0 aromatic heterocycles. The highest BCUT2D eigenvalue weighted by atomic mass is 19.4. The predicted octanol–water partition coefficient (Wildman–Crippen LogP) is 4.81. The molecule has 2 nitrogen and oxygen atoms in total. The minimum absolute atomic E-state index is 0.470. The lowest BCUT2D eigenvalue weighted by Gasteiger charge is -2.15. The van der Waals surface area contributed by atoms with E-state index >= 15 is 0 Å². The molecule has 1 aliphatic rings. The molecule has 0 fully saturated rings. The molecule has 0 heterocycles. The summed E-state index contributed by atoms with van der Waals surface area (Å²) in [5.74, 6) is 0.521. The van der Waals surface area contributed by atoms with Crippen molar-refractivity contribution in [1.29, 1.82) is 0 Å². The Morgan fingerprint density at radius 3 is 2.22 bits per heavy atom. The van der Waals surface area contributed by atoms with Crippen molar-refractivity contribution in [1.82, 2.24) is 0 Å². The number of halogens is 3. The van der Waals surface area contributed by atoms with Gasteiger partial charge in [-0.3, -0.25) is 0 Å². The van der Waals surface area contributed by atoms with Gasteiger partial charge in [0, 0.05) is 12.7 Å². The summed E-state index contributed by atoms with van der Waals surface area (Å²) in [6.45, 7) is 0. The molecule has 0 bridgehead atoms. The van der Waals surface area contributed by atoms with Crippen LogP contribution in [0.3, 0.4) is 0 Å². The van der Waals surface area contributed by atoms with Gasteiger partial charge in [-0.2, -0.15) is 13.2 Å². The lowest BCUT2D eigenvalue weighted by molar-refractivity contribution is -0.137. The highest BCUT2D eigenvalue weighted by molar-refractivity contribution is 5.87. The summed E-state index contributed by atoms with van der Waals surface area (Å²) in [4.78, 5) is 0. The second-order valence-electron chi connectivity index (χ2n) is 5.22. The second kappa shape index (κ2) is 5.74. The maximum Gasteiger partial charge on any atom is 0.416 e. The molecular weight excluding hydrogens is 305 g/mol. The first kappa shape index (κ1) is 15.6. The van der Waals surface area contributed by atoms with E-state index in [4.69, 9.17) is 9.47 Å². The van der Waals surface area contributed by atoms with Crippen LogP contribution in [0.2, 0.25) is 0 Å². The SMILES string of the molecule is COC1=C(c2ccccc2)c2ccc(C(F)(F)F)cc2C1OC. The molecule has 5 heteroatoms. The van der Waals surface area contributed by atoms with Gasteiger partial charge in [0.1, 0.15) is 11.9 Å². The zero-order chi connectivity index (χ0) is 16.6. The summed E-state index contributed by atoms with van der Waals surface area (Å²) in [5.41, 5.74) is 2.13. The highest BCUT2D eigenvalue weighted by Crippen LogP contribution is 2.47. The van der Waals surface area contributed by atoms with Crippen LogP contribution in [0.15, 0.2) is 54.3 Å². The zero-order valence-corrected chi connectivity index (χ0v) is 12.6. The van der Waals surface area contributed by atoms with Gasteiger partial charge in [-0.15, -0.1) is 0 Å². The molecule has 3 rings (SSSR count). The molecule has 0 aliphatic heterocycles. The van der Waals surface area contributed by atoms with Gasteiger partial charge >= 0.3 is 6.18 Å². The molecule has 0 spiro atoms. The first-order chi connectivity index (χ1) is 11.0. The van der Waals surface area contributed by atoms with Crippen molar-refractivity contribution >= 4 is 5.57 Å². The number of fused-ring (bicyclic) bond motifs is 1. The number of ether oxygens (including phenoxy) is 2. The minimum Gasteiger partial charge on any atom is -0.497 e. The van der Waals surface area contributed by atoms with Gasteiger partial charge in [0.2, 0.25) is 0 Å². The van der Waals surface area contributed by atoms with Crippen LogP contribution >= 0.6 is 0 Å². The number of alkyl halides is 3. The van der Waals surface area contributed by atoms with E-state index in [1.807, 2.05) is 30.3 Å². The predicted molar refractivity (Wildman–Crippen MR) is 80.7 cm³/mol. The molecule has 0 N–H and O–H groups in total. The van der Waals surface area contributed by atoms with Crippen LogP contribution in [0.25, 0.3) is 5.57 Å². The molecule has 0 radical (unpaired) electrons. The number of hydrogen-bond donors (Lipinski definition) is 0. The topological polar surface area (TPSA) is 18.5 Å². The van der Waals surface area contributed by atoms with E-state index in [1.54, 1.807) is 0 Å². The lowest BCUT2D eigenvalue weighted by atomic mass is 9.97. The standard InChI is InChI=1S/C18H15F3O2/c1-22-16-14-10-12(18(19,20)21)8-9-13(14)15(17(16)23-2)11-6-4-3-5-7-11/h3-10,16H,1-2H3. The van der Waals surface area contributed by atoms with Crippen LogP contribution in [0.1, 0.15) is 28.4 Å². The maximum atomic E-state index is 13.0. The average molecular weight is 320 g/mol. The Morgan fingerprint density at radius 1 is 0.957 bits per heavy atom. The molecule has 2 aromatic carbocycles. The summed E-state index contributed by atoms with van der Waals surface area (Å²) < 4.78 is 49.9. The molecule has 1 unspecified atom stereocenters. The summed E-state index contributed by atoms with van der Waals surface area (Å²) in [7, 11) is 2.96. The summed E-state index contributed by atoms with van der Waals surface area (Å²) in [6.07, 6.45) is -5.04. The third-order valence-corrected chi connectivity index (χ3v) is 3.93. The second-order valence-corrected chi connectivity index (χ2v) is 5.22. The monoisotopic (exact) mass is 320 g/mol. The van der Waals surface area contributed by atoms with E-state index in [0.29, 0.717) is 16.9 Å². The molecule has 2 aromatic rings. The van der Waals surface area contributed by atoms with E-state index in [1.165, 1.54) is 20.3 Å². The Balaban J connectivity index is 2.21. The van der Waals surface area contributed by atoms with E-state index in [-0.39, 0.29) is 0 Å². The van der Waals surface area contributed by atoms with Crippen LogP contribution in [0.4, 0.5) is 13.2 Å². The largest absolute Gasteiger partial charge is 0.497 e. The normalized spacial score (nSPS) is 17.3. The molecule has 120 valence electrons. The highest BCUT2D eigenvalue weighted by Gasteiger charge is 2.37. The van der Waals surface area contributed by atoms with Gasteiger partial charge in [0.05, 0.1) is 12.7 Å². The van der Waals surface area contributed by atoms with Gasteiger partial charge in [0.15, 0.2) is 0 Å². The van der Waals surface area contributed by atoms with Gasteiger partial charge in [-0.1, -0.05) is 36.4 Å². The van der Waals surface area contributed by atoms with Gasteiger partial charge < -0.3 is 9.47 Å². The minimum atomic E-state index is -4.39. The van der Waals surface area contributed by atoms with Crippen molar-refractivity contribution in [2.24, 2.45) is 0 Å². The van der Waals surface area contributed by atoms with Crippen molar-refractivity contribution in [2.45, 2.75) is 12.3 Å². The Kier molecular flexibility index (Phi) is 3.90. The van der Waals surface area contributed by atoms with Crippen LogP contribution in [-0.2, 0) is 15.7 Å². The van der Waals surface area contributed by atoms with Crippen molar-refractivity contribution in [3.63, 3.8) is 0 Å². The smallest absolute Gasteiger partial charge is 0.416 e. The van der Waals surface area contributed by atoms with Crippen molar-refractivity contribution < 1.29 is 22.6 Å². The third kappa shape index (κ3) is 2.61. The summed E-state index contributed by atoms with van der Waals surface area (Å²) in [6, 6.07) is 13.1. The van der Waals surface area contributed by atoms with Crippen molar-refractivity contribution in [2.75, 3.05) is 14.2 Å². The molecule has 0 saturated carbocycles. The first-order valence-electron chi connectivity index (χ1n) is 7.05. The van der Waals surface area contributed by atoms with E-state index in [9.17, 15) is 13.2 Å². The lowest BCUT2D eigenvalue weighted by Crippen LogP contribution is -2.08. The Bertz CT molecular complexity index is 749. The summed E-state index contributed by atoms with van der Waals surface area (Å²) >= 11 is 0. The molecule has 23 heavy (non-hydrogen) atoms. The fourth-order valence-corrected chi connectivity index (χ4v) is 2.93. The Hall–Kier alpha value is -2.27. The molecule has 1 aliphatic carbocycles. The van der Waals surface area contributed by atoms with Crippen LogP contribution in [0, 0.1) is 0 Å². The molecular formula is C18H15F3O2. The van der Waals surface area contributed by atoms with Crippen LogP contribution in [0.5, 0.6) is 0 Å². The fraction of sp³-hybridized carbons (Fsp3) is 0.222. The number of rotatable bonds is 3. The third-order valence-electron chi connectivity index (χ3n) is 3.93. The van der Waals surface area contributed by atoms with E-state index < -0.39 is 17.8 Å². The van der Waals surface area contributed by atoms with Gasteiger partial charge in [-0.25, -0.2) is 0 Å². The maximum absolute atomic E-state index is 13.0. The number of methoxy groups -OCH3 is 2. The number of benzene rings is 2. The zero-order valence-electron chi connectivity index (χ0n) is 12.6. The number of hydrogen-bond acceptors (Lipinski definition) is 2. The van der Waals surface area contributed by atoms with E-state index in [2.05, 4.69) is 0 Å². The van der Waals surface area contributed by atoms with Crippen molar-refractivity contribution in [3.05, 3.63) is 76.5 Å². The summed E-state index contributed by atoms with van der Waals surface area (Å²) in [5, 5.41) is 0. The Morgan fingerprint density at radius 2 is 1.65 bits per heavy atom. The van der Waals surface area contributed by atoms with Crippen LogP contribution < -0.4 is 0 Å². The quantitative estimate of drug-likeness (QED) is 0.808. The van der Waals surface area contributed by atoms with Gasteiger partial charge in [0.25, 0.3) is 0 Å². The fourth-order valence-electron chi connectivity index (χ4n) is 2.93. The average Bonchev–Trinajstić information content (AvgIpc) is 2.87. The van der Waals surface area contributed by atoms with E-state index in [0.717, 1.165) is 23.3 Å². The van der Waals surface area contributed by atoms with Crippen LogP contribution in [-0.4, -0.2) is 14.2 Å². The molecule has 0 amide bonds. The molecule has 1 atom stereocenters. The van der Waals surface area contributed by atoms with Gasteiger partial charge in [-0.05, 0) is 28.8 Å². The first-order valence-corrected chi connectivity index (χ1v) is 7.05. The Labute approximate surface area is 132 Å². The van der Waals surface area contributed by atoms with Crippen molar-refractivity contribution in [3.8, 4) is 0 Å².